The Labute approximate surface area is 141 Å². The molecule has 0 radical (unpaired) electrons. The number of hydrogen-bond acceptors (Lipinski definition) is 5. The number of nitrogens with one attached hydrogen (secondary N) is 1. The predicted octanol–water partition coefficient (Wildman–Crippen LogP) is 3.10. The highest BCUT2D eigenvalue weighted by Crippen LogP contribution is 2.29. The van der Waals surface area contributed by atoms with E-state index in [1.54, 1.807) is 12.4 Å². The second kappa shape index (κ2) is 6.84. The first-order chi connectivity index (χ1) is 11.9. The standard InChI is InChI=1S/C19H19N5/c1-6-17(22-11-14-4-2-8-20-10-14)16-13-23-19(24-18(16)7-1)15-5-3-9-21-12-15/h2-5,8-10,12-13,17,22H,1,6-7,11H2/t17-/m1/s1. The summed E-state index contributed by atoms with van der Waals surface area (Å²) in [5, 5.41) is 3.62. The van der Waals surface area contributed by atoms with Crippen LogP contribution >= 0.6 is 0 Å². The third-order valence-corrected chi connectivity index (χ3v) is 4.38. The van der Waals surface area contributed by atoms with E-state index in [-0.39, 0.29) is 0 Å². The molecule has 3 aromatic heterocycles. The van der Waals surface area contributed by atoms with Gasteiger partial charge in [-0.25, -0.2) is 9.97 Å². The average Bonchev–Trinajstić information content (AvgIpc) is 2.67. The van der Waals surface area contributed by atoms with Crippen LogP contribution in [0.25, 0.3) is 11.4 Å². The number of hydrogen-bond donors (Lipinski definition) is 1. The van der Waals surface area contributed by atoms with Crippen LogP contribution in [0, 0.1) is 0 Å². The molecule has 4 rings (SSSR count). The minimum atomic E-state index is 0.303. The maximum atomic E-state index is 4.79. The van der Waals surface area contributed by atoms with Crippen LogP contribution in [-0.2, 0) is 13.0 Å². The molecule has 1 atom stereocenters. The topological polar surface area (TPSA) is 63.6 Å². The molecule has 0 fully saturated rings. The molecule has 3 aromatic rings. The van der Waals surface area contributed by atoms with Crippen molar-refractivity contribution >= 4 is 0 Å². The summed E-state index contributed by atoms with van der Waals surface area (Å²) in [5.41, 5.74) is 4.53. The Morgan fingerprint density at radius 3 is 2.71 bits per heavy atom. The largest absolute Gasteiger partial charge is 0.306 e. The molecular weight excluding hydrogens is 298 g/mol. The predicted molar refractivity (Wildman–Crippen MR) is 92.0 cm³/mol. The van der Waals surface area contributed by atoms with Crippen molar-refractivity contribution in [2.45, 2.75) is 31.8 Å². The average molecular weight is 317 g/mol. The molecule has 0 saturated carbocycles. The van der Waals surface area contributed by atoms with Gasteiger partial charge in [0.05, 0.1) is 0 Å². The summed E-state index contributed by atoms with van der Waals surface area (Å²) in [6.07, 6.45) is 12.5. The van der Waals surface area contributed by atoms with Crippen molar-refractivity contribution in [1.82, 2.24) is 25.3 Å². The van der Waals surface area contributed by atoms with Gasteiger partial charge in [-0.3, -0.25) is 9.97 Å². The van der Waals surface area contributed by atoms with E-state index in [1.165, 1.54) is 11.1 Å². The van der Waals surface area contributed by atoms with Crippen molar-refractivity contribution in [2.24, 2.45) is 0 Å². The number of aryl methyl sites for hydroxylation is 1. The Hall–Kier alpha value is -2.66. The fraction of sp³-hybridized carbons (Fsp3) is 0.263. The molecule has 24 heavy (non-hydrogen) atoms. The fourth-order valence-electron chi connectivity index (χ4n) is 3.14. The van der Waals surface area contributed by atoms with Gasteiger partial charge in [-0.1, -0.05) is 6.07 Å². The highest BCUT2D eigenvalue weighted by atomic mass is 15.0. The maximum Gasteiger partial charge on any atom is 0.160 e. The van der Waals surface area contributed by atoms with Crippen LogP contribution in [0.4, 0.5) is 0 Å². The molecular formula is C19H19N5. The van der Waals surface area contributed by atoms with Crippen molar-refractivity contribution < 1.29 is 0 Å². The Morgan fingerprint density at radius 2 is 1.92 bits per heavy atom. The molecule has 0 aromatic carbocycles. The van der Waals surface area contributed by atoms with Crippen molar-refractivity contribution in [3.05, 3.63) is 72.1 Å². The van der Waals surface area contributed by atoms with Crippen LogP contribution in [0.2, 0.25) is 0 Å². The molecule has 5 heteroatoms. The van der Waals surface area contributed by atoms with Gasteiger partial charge in [0.15, 0.2) is 5.82 Å². The Bertz CT molecular complexity index is 805. The first kappa shape index (κ1) is 14.9. The van der Waals surface area contributed by atoms with Crippen molar-refractivity contribution in [1.29, 1.82) is 0 Å². The molecule has 0 amide bonds. The van der Waals surface area contributed by atoms with Gasteiger partial charge in [0.1, 0.15) is 0 Å². The normalized spacial score (nSPS) is 16.6. The zero-order valence-electron chi connectivity index (χ0n) is 13.4. The third-order valence-electron chi connectivity index (χ3n) is 4.38. The molecule has 3 heterocycles. The molecule has 0 saturated heterocycles. The van der Waals surface area contributed by atoms with Gasteiger partial charge in [0.2, 0.25) is 0 Å². The van der Waals surface area contributed by atoms with E-state index in [9.17, 15) is 0 Å². The van der Waals surface area contributed by atoms with E-state index < -0.39 is 0 Å². The zero-order valence-corrected chi connectivity index (χ0v) is 13.4. The van der Waals surface area contributed by atoms with Crippen LogP contribution < -0.4 is 5.32 Å². The summed E-state index contributed by atoms with van der Waals surface area (Å²) in [5.74, 6) is 0.759. The Morgan fingerprint density at radius 1 is 1.04 bits per heavy atom. The number of nitrogens with zero attached hydrogens (tertiary/aromatic N) is 4. The maximum absolute atomic E-state index is 4.79. The molecule has 0 aliphatic heterocycles. The van der Waals surface area contributed by atoms with Crippen LogP contribution in [0.5, 0.6) is 0 Å². The summed E-state index contributed by atoms with van der Waals surface area (Å²) < 4.78 is 0. The van der Waals surface area contributed by atoms with Gasteiger partial charge in [0, 0.05) is 60.4 Å². The first-order valence-corrected chi connectivity index (χ1v) is 8.28. The lowest BCUT2D eigenvalue weighted by atomic mass is 9.92. The van der Waals surface area contributed by atoms with E-state index >= 15 is 0 Å². The molecule has 0 spiro atoms. The van der Waals surface area contributed by atoms with Gasteiger partial charge in [-0.15, -0.1) is 0 Å². The minimum absolute atomic E-state index is 0.303. The molecule has 1 aliphatic carbocycles. The third kappa shape index (κ3) is 3.16. The summed E-state index contributed by atoms with van der Waals surface area (Å²) in [6.45, 7) is 0.808. The lowest BCUT2D eigenvalue weighted by Crippen LogP contribution is -2.26. The smallest absolute Gasteiger partial charge is 0.160 e. The van der Waals surface area contributed by atoms with E-state index in [0.717, 1.165) is 42.9 Å². The van der Waals surface area contributed by atoms with Crippen LogP contribution in [-0.4, -0.2) is 19.9 Å². The van der Waals surface area contributed by atoms with Gasteiger partial charge >= 0.3 is 0 Å². The fourth-order valence-corrected chi connectivity index (χ4v) is 3.14. The highest BCUT2D eigenvalue weighted by molar-refractivity contribution is 5.53. The van der Waals surface area contributed by atoms with E-state index in [4.69, 9.17) is 4.98 Å². The lowest BCUT2D eigenvalue weighted by Gasteiger charge is -2.25. The lowest BCUT2D eigenvalue weighted by molar-refractivity contribution is 0.452. The summed E-state index contributed by atoms with van der Waals surface area (Å²) >= 11 is 0. The SMILES string of the molecule is c1cncc(CN[C@@H]2CCCc3nc(-c4cccnc4)ncc32)c1. The number of aromatic nitrogens is 4. The molecule has 120 valence electrons. The monoisotopic (exact) mass is 317 g/mol. The number of pyridine rings is 2. The second-order valence-corrected chi connectivity index (χ2v) is 6.02. The number of rotatable bonds is 4. The quantitative estimate of drug-likeness (QED) is 0.801. The molecule has 0 unspecified atom stereocenters. The van der Waals surface area contributed by atoms with Crippen LogP contribution in [0.1, 0.15) is 35.7 Å². The summed E-state index contributed by atoms with van der Waals surface area (Å²) in [6, 6.07) is 8.27. The van der Waals surface area contributed by atoms with Gasteiger partial charge in [0.25, 0.3) is 0 Å². The van der Waals surface area contributed by atoms with Crippen molar-refractivity contribution in [2.75, 3.05) is 0 Å². The zero-order chi connectivity index (χ0) is 16.2. The summed E-state index contributed by atoms with van der Waals surface area (Å²) in [4.78, 5) is 17.7. The van der Waals surface area contributed by atoms with Crippen LogP contribution in [0.3, 0.4) is 0 Å². The van der Waals surface area contributed by atoms with Crippen LogP contribution in [0.15, 0.2) is 55.2 Å². The molecule has 1 N–H and O–H groups in total. The van der Waals surface area contributed by atoms with Gasteiger partial charge in [-0.2, -0.15) is 0 Å². The number of fused-ring (bicyclic) bond motifs is 1. The molecule has 5 nitrogen and oxygen atoms in total. The van der Waals surface area contributed by atoms with Crippen molar-refractivity contribution in [3.8, 4) is 11.4 Å². The van der Waals surface area contributed by atoms with E-state index in [1.807, 2.05) is 36.8 Å². The first-order valence-electron chi connectivity index (χ1n) is 8.28. The Kier molecular flexibility index (Phi) is 4.25. The summed E-state index contributed by atoms with van der Waals surface area (Å²) in [7, 11) is 0. The van der Waals surface area contributed by atoms with E-state index in [2.05, 4.69) is 26.3 Å². The Balaban J connectivity index is 1.55. The van der Waals surface area contributed by atoms with Gasteiger partial charge in [-0.05, 0) is 43.0 Å². The van der Waals surface area contributed by atoms with Gasteiger partial charge < -0.3 is 5.32 Å². The highest BCUT2D eigenvalue weighted by Gasteiger charge is 2.22. The molecule has 1 aliphatic rings. The minimum Gasteiger partial charge on any atom is -0.306 e. The second-order valence-electron chi connectivity index (χ2n) is 6.02. The molecule has 0 bridgehead atoms. The van der Waals surface area contributed by atoms with Crippen molar-refractivity contribution in [3.63, 3.8) is 0 Å². The van der Waals surface area contributed by atoms with E-state index in [0.29, 0.717) is 6.04 Å².